The van der Waals surface area contributed by atoms with Gasteiger partial charge >= 0.3 is 5.97 Å². The fraction of sp³-hybridized carbons (Fsp3) is 0.333. The second-order valence-electron chi connectivity index (χ2n) is 3.34. The second kappa shape index (κ2) is 6.43. The van der Waals surface area contributed by atoms with Gasteiger partial charge < -0.3 is 4.74 Å². The Kier molecular flexibility index (Phi) is 5.19. The molecule has 0 unspecified atom stereocenters. The van der Waals surface area contributed by atoms with Crippen molar-refractivity contribution in [2.45, 2.75) is 13.3 Å². The van der Waals surface area contributed by atoms with Crippen molar-refractivity contribution in [2.75, 3.05) is 11.9 Å². The molecule has 1 aromatic carbocycles. The van der Waals surface area contributed by atoms with Crippen LogP contribution in [0.3, 0.4) is 0 Å². The third kappa shape index (κ3) is 4.14. The van der Waals surface area contributed by atoms with Gasteiger partial charge in [-0.15, -0.1) is 0 Å². The molecule has 0 aliphatic carbocycles. The van der Waals surface area contributed by atoms with Gasteiger partial charge in [-0.3, -0.25) is 9.59 Å². The van der Waals surface area contributed by atoms with Crippen molar-refractivity contribution >= 4 is 27.7 Å². The lowest BCUT2D eigenvalue weighted by molar-refractivity contribution is -0.140. The minimum atomic E-state index is -0.272. The van der Waals surface area contributed by atoms with Crippen LogP contribution in [0.15, 0.2) is 24.3 Å². The molecule has 0 aliphatic rings. The number of benzene rings is 1. The molecule has 3 nitrogen and oxygen atoms in total. The third-order valence-corrected chi connectivity index (χ3v) is 2.60. The maximum absolute atomic E-state index is 11.3. The van der Waals surface area contributed by atoms with Crippen LogP contribution in [0, 0.1) is 0 Å². The maximum Gasteiger partial charge on any atom is 0.302 e. The molecule has 0 bridgehead atoms. The Morgan fingerprint density at radius 1 is 1.25 bits per heavy atom. The fourth-order valence-corrected chi connectivity index (χ4v) is 1.57. The molecule has 86 valence electrons. The van der Waals surface area contributed by atoms with Crippen molar-refractivity contribution in [2.24, 2.45) is 0 Å². The van der Waals surface area contributed by atoms with E-state index in [4.69, 9.17) is 4.74 Å². The van der Waals surface area contributed by atoms with Crippen LogP contribution in [0.25, 0.3) is 0 Å². The second-order valence-corrected chi connectivity index (χ2v) is 3.90. The highest BCUT2D eigenvalue weighted by Crippen LogP contribution is 2.07. The summed E-state index contributed by atoms with van der Waals surface area (Å²) in [5.74, 6) is -0.211. The van der Waals surface area contributed by atoms with Crippen LogP contribution in [-0.2, 0) is 16.0 Å². The number of carbonyl (C=O) groups is 2. The smallest absolute Gasteiger partial charge is 0.302 e. The van der Waals surface area contributed by atoms with E-state index in [-0.39, 0.29) is 11.8 Å². The third-order valence-electron chi connectivity index (χ3n) is 2.09. The first-order valence-corrected chi connectivity index (χ1v) is 6.07. The molecule has 0 amide bonds. The number of hydrogen-bond donors (Lipinski definition) is 0. The highest BCUT2D eigenvalue weighted by Gasteiger charge is 2.03. The standard InChI is InChI=1S/C12H13BrO3/c1-9(14)16-7-6-10-2-4-11(5-3-10)12(15)8-13/h2-5H,6-8H2,1H3. The number of ketones is 1. The van der Waals surface area contributed by atoms with Crippen LogP contribution >= 0.6 is 15.9 Å². The molecule has 0 aliphatic heterocycles. The van der Waals surface area contributed by atoms with E-state index >= 15 is 0 Å². The van der Waals surface area contributed by atoms with Gasteiger partial charge in [-0.05, 0) is 5.56 Å². The molecular formula is C12H13BrO3. The van der Waals surface area contributed by atoms with Crippen molar-refractivity contribution in [3.8, 4) is 0 Å². The van der Waals surface area contributed by atoms with Gasteiger partial charge in [0, 0.05) is 18.9 Å². The number of hydrogen-bond acceptors (Lipinski definition) is 3. The Morgan fingerprint density at radius 3 is 2.38 bits per heavy atom. The van der Waals surface area contributed by atoms with E-state index in [2.05, 4.69) is 15.9 Å². The number of halogens is 1. The lowest BCUT2D eigenvalue weighted by Gasteiger charge is -2.03. The monoisotopic (exact) mass is 284 g/mol. The molecule has 0 radical (unpaired) electrons. The summed E-state index contributed by atoms with van der Waals surface area (Å²) in [5.41, 5.74) is 1.74. The van der Waals surface area contributed by atoms with Crippen LogP contribution in [0.5, 0.6) is 0 Å². The van der Waals surface area contributed by atoms with Crippen LogP contribution < -0.4 is 0 Å². The van der Waals surface area contributed by atoms with E-state index in [0.29, 0.717) is 23.9 Å². The molecule has 1 rings (SSSR count). The molecule has 0 atom stereocenters. The average molecular weight is 285 g/mol. The first kappa shape index (κ1) is 12.9. The zero-order valence-corrected chi connectivity index (χ0v) is 10.6. The van der Waals surface area contributed by atoms with Gasteiger partial charge in [-0.25, -0.2) is 0 Å². The van der Waals surface area contributed by atoms with Crippen LogP contribution in [0.4, 0.5) is 0 Å². The first-order chi connectivity index (χ1) is 7.63. The Morgan fingerprint density at radius 2 is 1.88 bits per heavy atom. The molecule has 0 heterocycles. The maximum atomic E-state index is 11.3. The molecule has 0 aromatic heterocycles. The van der Waals surface area contributed by atoms with Crippen LogP contribution in [0.1, 0.15) is 22.8 Å². The van der Waals surface area contributed by atoms with Crippen LogP contribution in [-0.4, -0.2) is 23.7 Å². The largest absolute Gasteiger partial charge is 0.466 e. The molecular weight excluding hydrogens is 272 g/mol. The van der Waals surface area contributed by atoms with E-state index < -0.39 is 0 Å². The molecule has 0 saturated heterocycles. The average Bonchev–Trinajstić information content (AvgIpc) is 2.28. The molecule has 4 heteroatoms. The highest BCUT2D eigenvalue weighted by atomic mass is 79.9. The van der Waals surface area contributed by atoms with Gasteiger partial charge in [-0.2, -0.15) is 0 Å². The molecule has 1 aromatic rings. The quantitative estimate of drug-likeness (QED) is 0.474. The summed E-state index contributed by atoms with van der Waals surface area (Å²) in [6, 6.07) is 7.32. The van der Waals surface area contributed by atoms with Gasteiger partial charge in [0.25, 0.3) is 0 Å². The van der Waals surface area contributed by atoms with Crippen molar-refractivity contribution in [3.05, 3.63) is 35.4 Å². The van der Waals surface area contributed by atoms with Crippen molar-refractivity contribution in [1.29, 1.82) is 0 Å². The van der Waals surface area contributed by atoms with Gasteiger partial charge in [0.05, 0.1) is 11.9 Å². The highest BCUT2D eigenvalue weighted by molar-refractivity contribution is 9.09. The number of alkyl halides is 1. The van der Waals surface area contributed by atoms with Crippen molar-refractivity contribution in [3.63, 3.8) is 0 Å². The van der Waals surface area contributed by atoms with E-state index in [9.17, 15) is 9.59 Å². The summed E-state index contributed by atoms with van der Waals surface area (Å²) in [6.45, 7) is 1.76. The van der Waals surface area contributed by atoms with E-state index in [0.717, 1.165) is 5.56 Å². The van der Waals surface area contributed by atoms with Crippen molar-refractivity contribution < 1.29 is 14.3 Å². The fourth-order valence-electron chi connectivity index (χ4n) is 1.25. The summed E-state index contributed by atoms with van der Waals surface area (Å²) >= 11 is 3.12. The Labute approximate surface area is 103 Å². The number of rotatable bonds is 5. The van der Waals surface area contributed by atoms with Crippen molar-refractivity contribution in [1.82, 2.24) is 0 Å². The number of esters is 1. The molecule has 0 saturated carbocycles. The summed E-state index contributed by atoms with van der Waals surface area (Å²) in [4.78, 5) is 21.9. The lowest BCUT2D eigenvalue weighted by atomic mass is 10.1. The molecule has 0 N–H and O–H groups in total. The summed E-state index contributed by atoms with van der Waals surface area (Å²) in [6.07, 6.45) is 0.669. The number of carbonyl (C=O) groups excluding carboxylic acids is 2. The molecule has 0 spiro atoms. The summed E-state index contributed by atoms with van der Waals surface area (Å²) < 4.78 is 4.83. The predicted octanol–water partition coefficient (Wildman–Crippen LogP) is 2.37. The topological polar surface area (TPSA) is 43.4 Å². The van der Waals surface area contributed by atoms with E-state index in [1.165, 1.54) is 6.92 Å². The zero-order valence-electron chi connectivity index (χ0n) is 9.03. The number of ether oxygens (including phenoxy) is 1. The van der Waals surface area contributed by atoms with Crippen LogP contribution in [0.2, 0.25) is 0 Å². The van der Waals surface area contributed by atoms with E-state index in [1.807, 2.05) is 12.1 Å². The minimum Gasteiger partial charge on any atom is -0.466 e. The van der Waals surface area contributed by atoms with E-state index in [1.54, 1.807) is 12.1 Å². The number of Topliss-reactive ketones (excluding diaryl/α,β-unsaturated/α-hetero) is 1. The van der Waals surface area contributed by atoms with Gasteiger partial charge in [0.2, 0.25) is 0 Å². The summed E-state index contributed by atoms with van der Waals surface area (Å²) in [5, 5.41) is 0.333. The first-order valence-electron chi connectivity index (χ1n) is 4.95. The van der Waals surface area contributed by atoms with Gasteiger partial charge in [-0.1, -0.05) is 40.2 Å². The lowest BCUT2D eigenvalue weighted by Crippen LogP contribution is -2.04. The SMILES string of the molecule is CC(=O)OCCc1ccc(C(=O)CBr)cc1. The van der Waals surface area contributed by atoms with Gasteiger partial charge in [0.1, 0.15) is 0 Å². The predicted molar refractivity (Wildman–Crippen MR) is 64.9 cm³/mol. The Balaban J connectivity index is 2.51. The Hall–Kier alpha value is -1.16. The minimum absolute atomic E-state index is 0.0616. The Bertz CT molecular complexity index is 370. The molecule has 0 fully saturated rings. The normalized spacial score (nSPS) is 9.88. The molecule has 16 heavy (non-hydrogen) atoms. The summed E-state index contributed by atoms with van der Waals surface area (Å²) in [7, 11) is 0. The van der Waals surface area contributed by atoms with Gasteiger partial charge in [0.15, 0.2) is 5.78 Å². The zero-order chi connectivity index (χ0) is 12.0.